The summed E-state index contributed by atoms with van der Waals surface area (Å²) in [6.07, 6.45) is -4.37. The second-order valence-electron chi connectivity index (χ2n) is 3.66. The molecule has 2 rings (SSSR count). The second-order valence-corrected chi connectivity index (χ2v) is 3.66. The Morgan fingerprint density at radius 3 is 2.00 bits per heavy atom. The van der Waals surface area contributed by atoms with Crippen molar-refractivity contribution < 1.29 is 13.2 Å². The summed E-state index contributed by atoms with van der Waals surface area (Å²) in [7, 11) is 0. The minimum absolute atomic E-state index is 0.00569. The van der Waals surface area contributed by atoms with Crippen LogP contribution in [0, 0.1) is 0 Å². The third-order valence-electron chi connectivity index (χ3n) is 2.35. The first-order valence-corrected chi connectivity index (χ1v) is 5.30. The Balaban J connectivity index is 2.15. The van der Waals surface area contributed by atoms with Gasteiger partial charge in [0.25, 0.3) is 0 Å². The molecule has 2 aromatic carbocycles. The molecule has 5 heteroatoms. The average molecular weight is 252 g/mol. The van der Waals surface area contributed by atoms with E-state index < -0.39 is 11.7 Å². The van der Waals surface area contributed by atoms with Gasteiger partial charge in [0.1, 0.15) is 0 Å². The van der Waals surface area contributed by atoms with E-state index in [4.69, 9.17) is 0 Å². The van der Waals surface area contributed by atoms with Crippen LogP contribution in [0.3, 0.4) is 0 Å². The maximum absolute atomic E-state index is 12.7. The molecule has 0 spiro atoms. The zero-order valence-electron chi connectivity index (χ0n) is 9.33. The van der Waals surface area contributed by atoms with Gasteiger partial charge >= 0.3 is 6.18 Å². The van der Waals surface area contributed by atoms with Crippen molar-refractivity contribution in [1.82, 2.24) is 0 Å². The van der Waals surface area contributed by atoms with Crippen LogP contribution in [0.2, 0.25) is 0 Å². The summed E-state index contributed by atoms with van der Waals surface area (Å²) < 4.78 is 38.1. The van der Waals surface area contributed by atoms with Gasteiger partial charge in [0.05, 0.1) is 16.9 Å². The molecule has 0 fully saturated rings. The van der Waals surface area contributed by atoms with Crippen molar-refractivity contribution in [3.05, 3.63) is 60.2 Å². The van der Waals surface area contributed by atoms with Crippen LogP contribution in [0.15, 0.2) is 54.6 Å². The molecular weight excluding hydrogens is 241 g/mol. The summed E-state index contributed by atoms with van der Waals surface area (Å²) in [6.45, 7) is 0. The van der Waals surface area contributed by atoms with Gasteiger partial charge in [0.2, 0.25) is 0 Å². The fourth-order valence-corrected chi connectivity index (χ4v) is 1.50. The third-order valence-corrected chi connectivity index (χ3v) is 2.35. The molecule has 2 N–H and O–H groups in total. The average Bonchev–Trinajstić information content (AvgIpc) is 2.37. The molecule has 0 unspecified atom stereocenters. The van der Waals surface area contributed by atoms with Crippen molar-refractivity contribution in [2.24, 2.45) is 0 Å². The summed E-state index contributed by atoms with van der Waals surface area (Å²) in [5, 5.41) is 0. The Hall–Kier alpha value is -2.17. The third kappa shape index (κ3) is 2.94. The number of anilines is 2. The summed E-state index contributed by atoms with van der Waals surface area (Å²) in [6, 6.07) is 14.2. The number of para-hydroxylation sites is 2. The molecule has 0 aliphatic carbocycles. The van der Waals surface area contributed by atoms with Crippen LogP contribution >= 0.6 is 0 Å². The fourth-order valence-electron chi connectivity index (χ4n) is 1.50. The molecule has 0 saturated heterocycles. The Morgan fingerprint density at radius 1 is 0.722 bits per heavy atom. The van der Waals surface area contributed by atoms with Gasteiger partial charge in [-0.1, -0.05) is 30.3 Å². The minimum atomic E-state index is -4.37. The van der Waals surface area contributed by atoms with Crippen molar-refractivity contribution in [2.45, 2.75) is 6.18 Å². The van der Waals surface area contributed by atoms with Crippen LogP contribution in [-0.2, 0) is 6.18 Å². The summed E-state index contributed by atoms with van der Waals surface area (Å²) in [5.41, 5.74) is 5.27. The zero-order valence-corrected chi connectivity index (χ0v) is 9.33. The van der Waals surface area contributed by atoms with E-state index in [0.717, 1.165) is 6.07 Å². The van der Waals surface area contributed by atoms with Gasteiger partial charge in [-0.25, -0.2) is 0 Å². The SMILES string of the molecule is FC(F)(F)c1ccccc1NNc1ccccc1. The fraction of sp³-hybridized carbons (Fsp3) is 0.0769. The minimum Gasteiger partial charge on any atom is -0.301 e. The molecule has 0 amide bonds. The number of alkyl halides is 3. The van der Waals surface area contributed by atoms with Crippen LogP contribution in [0.4, 0.5) is 24.5 Å². The highest BCUT2D eigenvalue weighted by Gasteiger charge is 2.33. The Morgan fingerprint density at radius 2 is 1.33 bits per heavy atom. The van der Waals surface area contributed by atoms with E-state index in [-0.39, 0.29) is 5.69 Å². The molecular formula is C13H11F3N2. The van der Waals surface area contributed by atoms with E-state index in [9.17, 15) is 13.2 Å². The Bertz CT molecular complexity index is 509. The van der Waals surface area contributed by atoms with E-state index >= 15 is 0 Å². The highest BCUT2D eigenvalue weighted by Crippen LogP contribution is 2.34. The molecule has 0 atom stereocenters. The number of halogens is 3. The number of hydrogen-bond donors (Lipinski definition) is 2. The standard InChI is InChI=1S/C13H11F3N2/c14-13(15,16)11-8-4-5-9-12(11)18-17-10-6-2-1-3-7-10/h1-9,17-18H. The highest BCUT2D eigenvalue weighted by atomic mass is 19.4. The second kappa shape index (κ2) is 5.00. The first-order chi connectivity index (χ1) is 8.57. The van der Waals surface area contributed by atoms with E-state index in [0.29, 0.717) is 5.69 Å². The molecule has 0 bridgehead atoms. The zero-order chi connectivity index (χ0) is 13.0. The molecule has 2 nitrogen and oxygen atoms in total. The predicted molar refractivity (Wildman–Crippen MR) is 65.1 cm³/mol. The van der Waals surface area contributed by atoms with Gasteiger partial charge in [-0.3, -0.25) is 0 Å². The molecule has 0 aliphatic rings. The number of hydrogen-bond acceptors (Lipinski definition) is 2. The van der Waals surface area contributed by atoms with Crippen LogP contribution < -0.4 is 10.9 Å². The van der Waals surface area contributed by atoms with Gasteiger partial charge in [-0.2, -0.15) is 13.2 Å². The molecule has 0 saturated carbocycles. The Labute approximate surface area is 102 Å². The van der Waals surface area contributed by atoms with E-state index in [1.54, 1.807) is 30.3 Å². The molecule has 0 radical (unpaired) electrons. The van der Waals surface area contributed by atoms with Crippen molar-refractivity contribution in [3.63, 3.8) is 0 Å². The van der Waals surface area contributed by atoms with Gasteiger partial charge in [-0.15, -0.1) is 0 Å². The number of rotatable bonds is 3. The van der Waals surface area contributed by atoms with Gasteiger partial charge in [-0.05, 0) is 24.3 Å². The summed E-state index contributed by atoms with van der Waals surface area (Å²) in [4.78, 5) is 0. The van der Waals surface area contributed by atoms with Gasteiger partial charge in [0.15, 0.2) is 0 Å². The number of hydrazine groups is 1. The Kier molecular flexibility index (Phi) is 3.41. The summed E-state index contributed by atoms with van der Waals surface area (Å²) in [5.74, 6) is 0. The predicted octanol–water partition coefficient (Wildman–Crippen LogP) is 4.14. The largest absolute Gasteiger partial charge is 0.418 e. The van der Waals surface area contributed by atoms with Crippen molar-refractivity contribution in [2.75, 3.05) is 10.9 Å². The molecule has 0 aliphatic heterocycles. The smallest absolute Gasteiger partial charge is 0.301 e. The van der Waals surface area contributed by atoms with Crippen LogP contribution in [0.1, 0.15) is 5.56 Å². The van der Waals surface area contributed by atoms with E-state index in [2.05, 4.69) is 10.9 Å². The van der Waals surface area contributed by atoms with E-state index in [1.807, 2.05) is 6.07 Å². The van der Waals surface area contributed by atoms with Crippen LogP contribution in [0.25, 0.3) is 0 Å². The van der Waals surface area contributed by atoms with E-state index in [1.165, 1.54) is 12.1 Å². The lowest BCUT2D eigenvalue weighted by Gasteiger charge is -2.15. The van der Waals surface area contributed by atoms with Gasteiger partial charge < -0.3 is 10.9 Å². The molecule has 18 heavy (non-hydrogen) atoms. The maximum atomic E-state index is 12.7. The molecule has 0 aromatic heterocycles. The van der Waals surface area contributed by atoms with Crippen LogP contribution in [0.5, 0.6) is 0 Å². The lowest BCUT2D eigenvalue weighted by molar-refractivity contribution is -0.136. The van der Waals surface area contributed by atoms with Crippen molar-refractivity contribution >= 4 is 11.4 Å². The molecule has 2 aromatic rings. The lowest BCUT2D eigenvalue weighted by atomic mass is 10.2. The molecule has 0 heterocycles. The number of nitrogens with one attached hydrogen (secondary N) is 2. The van der Waals surface area contributed by atoms with Crippen LogP contribution in [-0.4, -0.2) is 0 Å². The highest BCUT2D eigenvalue weighted by molar-refractivity contribution is 5.57. The lowest BCUT2D eigenvalue weighted by Crippen LogP contribution is -2.14. The van der Waals surface area contributed by atoms with Gasteiger partial charge in [0, 0.05) is 0 Å². The summed E-state index contributed by atoms with van der Waals surface area (Å²) >= 11 is 0. The maximum Gasteiger partial charge on any atom is 0.418 e. The van der Waals surface area contributed by atoms with Crippen molar-refractivity contribution in [1.29, 1.82) is 0 Å². The first kappa shape index (κ1) is 12.3. The monoisotopic (exact) mass is 252 g/mol. The first-order valence-electron chi connectivity index (χ1n) is 5.30. The van der Waals surface area contributed by atoms with Crippen molar-refractivity contribution in [3.8, 4) is 0 Å². The topological polar surface area (TPSA) is 24.1 Å². The quantitative estimate of drug-likeness (QED) is 0.802. The normalized spacial score (nSPS) is 11.1. The molecule has 94 valence electrons. The number of benzene rings is 2.